The molecule has 0 spiro atoms. The van der Waals surface area contributed by atoms with Crippen LogP contribution in [0.4, 0.5) is 0 Å². The quantitative estimate of drug-likeness (QED) is 0.384. The first kappa shape index (κ1) is 15.9. The van der Waals surface area contributed by atoms with Crippen molar-refractivity contribution < 1.29 is 4.74 Å². The molecule has 0 aliphatic rings. The summed E-state index contributed by atoms with van der Waals surface area (Å²) in [6, 6.07) is 21.6. The summed E-state index contributed by atoms with van der Waals surface area (Å²) in [6.07, 6.45) is 0. The fourth-order valence-corrected chi connectivity index (χ4v) is 3.00. The number of nitrogens with zero attached hydrogens (tertiary/aromatic N) is 1. The third kappa shape index (κ3) is 2.80. The molecule has 4 aromatic rings. The van der Waals surface area contributed by atoms with Crippen molar-refractivity contribution >= 4 is 16.9 Å². The van der Waals surface area contributed by atoms with Gasteiger partial charge in [-0.05, 0) is 35.4 Å². The van der Waals surface area contributed by atoms with Gasteiger partial charge in [0.2, 0.25) is 0 Å². The number of nitrogens with one attached hydrogen (secondary N) is 2. The summed E-state index contributed by atoms with van der Waals surface area (Å²) in [7, 11) is 1.66. The lowest BCUT2D eigenvalue weighted by Crippen LogP contribution is -2.10. The van der Waals surface area contributed by atoms with E-state index in [-0.39, 0.29) is 5.84 Å². The van der Waals surface area contributed by atoms with E-state index in [1.807, 2.05) is 60.7 Å². The number of ether oxygens (including phenoxy) is 1. The van der Waals surface area contributed by atoms with Gasteiger partial charge < -0.3 is 15.5 Å². The number of imidazole rings is 1. The molecule has 0 atom stereocenters. The van der Waals surface area contributed by atoms with Gasteiger partial charge in [-0.2, -0.15) is 0 Å². The van der Waals surface area contributed by atoms with E-state index < -0.39 is 0 Å². The predicted molar refractivity (Wildman–Crippen MR) is 105 cm³/mol. The summed E-state index contributed by atoms with van der Waals surface area (Å²) in [6.45, 7) is 0. The zero-order chi connectivity index (χ0) is 18.1. The summed E-state index contributed by atoms with van der Waals surface area (Å²) < 4.78 is 5.53. The molecule has 0 amide bonds. The first-order valence-electron chi connectivity index (χ1n) is 8.24. The van der Waals surface area contributed by atoms with Gasteiger partial charge in [-0.25, -0.2) is 4.98 Å². The zero-order valence-corrected chi connectivity index (χ0v) is 14.3. The van der Waals surface area contributed by atoms with Gasteiger partial charge in [-0.1, -0.05) is 42.5 Å². The molecule has 3 aromatic carbocycles. The van der Waals surface area contributed by atoms with E-state index in [4.69, 9.17) is 15.9 Å². The van der Waals surface area contributed by atoms with Crippen molar-refractivity contribution in [3.05, 3.63) is 72.3 Å². The number of aromatic nitrogens is 2. The Morgan fingerprint density at radius 2 is 1.73 bits per heavy atom. The fraction of sp³-hybridized carbons (Fsp3) is 0.0476. The molecule has 128 valence electrons. The highest BCUT2D eigenvalue weighted by Crippen LogP contribution is 2.33. The molecule has 1 aromatic heterocycles. The molecule has 5 nitrogen and oxygen atoms in total. The van der Waals surface area contributed by atoms with Crippen molar-refractivity contribution in [3.63, 3.8) is 0 Å². The number of amidine groups is 1. The first-order valence-corrected chi connectivity index (χ1v) is 8.24. The highest BCUT2D eigenvalue weighted by atomic mass is 16.5. The zero-order valence-electron chi connectivity index (χ0n) is 14.3. The molecule has 0 saturated heterocycles. The average Bonchev–Trinajstić information content (AvgIpc) is 3.11. The maximum absolute atomic E-state index is 7.51. The van der Waals surface area contributed by atoms with E-state index in [0.29, 0.717) is 5.56 Å². The van der Waals surface area contributed by atoms with E-state index in [0.717, 1.165) is 39.3 Å². The summed E-state index contributed by atoms with van der Waals surface area (Å²) in [4.78, 5) is 8.04. The number of fused-ring (bicyclic) bond motifs is 1. The lowest BCUT2D eigenvalue weighted by atomic mass is 10.0. The Morgan fingerprint density at radius 1 is 1.00 bits per heavy atom. The van der Waals surface area contributed by atoms with Crippen molar-refractivity contribution in [1.82, 2.24) is 9.97 Å². The number of aromatic amines is 1. The molecule has 0 saturated carbocycles. The van der Waals surface area contributed by atoms with Crippen molar-refractivity contribution in [2.75, 3.05) is 7.11 Å². The van der Waals surface area contributed by atoms with Crippen molar-refractivity contribution in [3.8, 4) is 28.3 Å². The molecule has 5 heteroatoms. The van der Waals surface area contributed by atoms with E-state index in [9.17, 15) is 0 Å². The summed E-state index contributed by atoms with van der Waals surface area (Å²) in [5.41, 5.74) is 11.1. The van der Waals surface area contributed by atoms with Gasteiger partial charge in [0.25, 0.3) is 0 Å². The normalized spacial score (nSPS) is 10.8. The third-order valence-corrected chi connectivity index (χ3v) is 4.37. The number of H-pyrrole nitrogens is 1. The third-order valence-electron chi connectivity index (χ3n) is 4.37. The average molecular weight is 342 g/mol. The highest BCUT2D eigenvalue weighted by Gasteiger charge is 2.12. The summed E-state index contributed by atoms with van der Waals surface area (Å²) in [5.74, 6) is 1.59. The fourth-order valence-electron chi connectivity index (χ4n) is 3.00. The number of benzene rings is 3. The monoisotopic (exact) mass is 342 g/mol. The molecule has 0 aliphatic carbocycles. The Labute approximate surface area is 151 Å². The second-order valence-corrected chi connectivity index (χ2v) is 6.01. The summed E-state index contributed by atoms with van der Waals surface area (Å²) in [5, 5.41) is 7.51. The topological polar surface area (TPSA) is 87.8 Å². The van der Waals surface area contributed by atoms with Crippen molar-refractivity contribution in [1.29, 1.82) is 5.41 Å². The van der Waals surface area contributed by atoms with Crippen LogP contribution in [-0.2, 0) is 0 Å². The van der Waals surface area contributed by atoms with Gasteiger partial charge in [-0.3, -0.25) is 5.41 Å². The molecule has 1 heterocycles. The maximum atomic E-state index is 7.51. The molecular weight excluding hydrogens is 324 g/mol. The number of para-hydroxylation sites is 2. The molecule has 26 heavy (non-hydrogen) atoms. The van der Waals surface area contributed by atoms with Crippen LogP contribution in [0, 0.1) is 5.41 Å². The molecule has 4 rings (SSSR count). The molecule has 4 N–H and O–H groups in total. The van der Waals surface area contributed by atoms with Gasteiger partial charge in [0.05, 0.1) is 23.7 Å². The number of nitrogens with two attached hydrogens (primary N) is 1. The standard InChI is InChI=1S/C21H18N4O/c1-26-19-11-10-15(13-6-8-14(9-7-13)20(22)23)12-16(19)21-24-17-4-2-3-5-18(17)25-21/h2-12H,1H3,(H3,22,23)(H,24,25). The second kappa shape index (κ2) is 6.37. The van der Waals surface area contributed by atoms with Crippen LogP contribution in [0.5, 0.6) is 5.75 Å². The predicted octanol–water partition coefficient (Wildman–Crippen LogP) is 4.19. The van der Waals surface area contributed by atoms with Gasteiger partial charge in [0, 0.05) is 5.56 Å². The van der Waals surface area contributed by atoms with Crippen LogP contribution in [0.1, 0.15) is 5.56 Å². The number of rotatable bonds is 4. The van der Waals surface area contributed by atoms with Gasteiger partial charge in [0.1, 0.15) is 17.4 Å². The molecule has 0 unspecified atom stereocenters. The number of methoxy groups -OCH3 is 1. The number of hydrogen-bond donors (Lipinski definition) is 3. The Bertz CT molecular complexity index is 1060. The van der Waals surface area contributed by atoms with Crippen molar-refractivity contribution in [2.24, 2.45) is 5.73 Å². The van der Waals surface area contributed by atoms with E-state index in [1.165, 1.54) is 0 Å². The number of nitrogen functional groups attached to an aromatic ring is 1. The van der Waals surface area contributed by atoms with Crippen LogP contribution >= 0.6 is 0 Å². The lowest BCUT2D eigenvalue weighted by molar-refractivity contribution is 0.416. The van der Waals surface area contributed by atoms with E-state index in [2.05, 4.69) is 16.0 Å². The first-order chi connectivity index (χ1) is 12.7. The van der Waals surface area contributed by atoms with Crippen LogP contribution < -0.4 is 10.5 Å². The van der Waals surface area contributed by atoms with Gasteiger partial charge in [0.15, 0.2) is 0 Å². The SMILES string of the molecule is COc1ccc(-c2ccc(C(=N)N)cc2)cc1-c1nc2ccccc2[nH]1. The Morgan fingerprint density at radius 3 is 2.42 bits per heavy atom. The lowest BCUT2D eigenvalue weighted by Gasteiger charge is -2.10. The minimum atomic E-state index is 0.0641. The van der Waals surface area contributed by atoms with Crippen LogP contribution in [0.2, 0.25) is 0 Å². The summed E-state index contributed by atoms with van der Waals surface area (Å²) >= 11 is 0. The van der Waals surface area contributed by atoms with E-state index in [1.54, 1.807) is 7.11 Å². The van der Waals surface area contributed by atoms with Crippen LogP contribution in [0.3, 0.4) is 0 Å². The van der Waals surface area contributed by atoms with Crippen LogP contribution in [-0.4, -0.2) is 22.9 Å². The van der Waals surface area contributed by atoms with Crippen LogP contribution in [0.15, 0.2) is 66.7 Å². The second-order valence-electron chi connectivity index (χ2n) is 6.01. The highest BCUT2D eigenvalue weighted by molar-refractivity contribution is 5.95. The Kier molecular flexibility index (Phi) is 3.89. The van der Waals surface area contributed by atoms with E-state index >= 15 is 0 Å². The molecular formula is C21H18N4O. The Hall–Kier alpha value is -3.60. The minimum absolute atomic E-state index is 0.0641. The molecule has 0 fully saturated rings. The smallest absolute Gasteiger partial charge is 0.142 e. The minimum Gasteiger partial charge on any atom is -0.496 e. The molecule has 0 aliphatic heterocycles. The number of hydrogen-bond acceptors (Lipinski definition) is 3. The van der Waals surface area contributed by atoms with Crippen molar-refractivity contribution in [2.45, 2.75) is 0 Å². The van der Waals surface area contributed by atoms with Gasteiger partial charge >= 0.3 is 0 Å². The molecule has 0 radical (unpaired) electrons. The van der Waals surface area contributed by atoms with Gasteiger partial charge in [-0.15, -0.1) is 0 Å². The maximum Gasteiger partial charge on any atom is 0.142 e. The Balaban J connectivity index is 1.81. The molecule has 0 bridgehead atoms. The largest absolute Gasteiger partial charge is 0.496 e. The van der Waals surface area contributed by atoms with Crippen LogP contribution in [0.25, 0.3) is 33.5 Å².